The van der Waals surface area contributed by atoms with Crippen LogP contribution in [0.4, 0.5) is 61.1 Å². The molecule has 3 aromatic carbocycles. The third-order valence-corrected chi connectivity index (χ3v) is 19.4. The number of aromatic nitrogens is 7. The topological polar surface area (TPSA) is 404 Å². The Bertz CT molecular complexity index is 5270. The number of alkyl carbamates (subject to hydrolysis) is 2. The molecule has 0 atom stereocenters. The maximum atomic E-state index is 12.7. The van der Waals surface area contributed by atoms with Crippen molar-refractivity contribution in [2.45, 2.75) is 43.4 Å². The number of thiophene rings is 3. The first-order chi connectivity index (χ1) is 50.7. The van der Waals surface area contributed by atoms with Crippen LogP contribution in [-0.2, 0) is 42.5 Å². The predicted molar refractivity (Wildman–Crippen MR) is 393 cm³/mol. The van der Waals surface area contributed by atoms with Gasteiger partial charge in [0.05, 0.1) is 40.1 Å². The number of benzene rings is 3. The zero-order chi connectivity index (χ0) is 76.2. The molecule has 0 radical (unpaired) electrons. The Morgan fingerprint density at radius 3 is 1.97 bits per heavy atom. The minimum Gasteiger partial charge on any atom is -0.450 e. The molecule has 106 heavy (non-hydrogen) atoms. The fraction of sp³-hybridized carbons (Fsp3) is 0.147. The molecule has 0 bridgehead atoms. The molecule has 12 rings (SSSR count). The Morgan fingerprint density at radius 1 is 0.651 bits per heavy atom. The van der Waals surface area contributed by atoms with Crippen LogP contribution in [-0.4, -0.2) is 130 Å². The van der Waals surface area contributed by atoms with Crippen LogP contribution in [0.15, 0.2) is 183 Å². The van der Waals surface area contributed by atoms with Crippen LogP contribution < -0.4 is 47.4 Å². The van der Waals surface area contributed by atoms with Gasteiger partial charge in [-0.1, -0.05) is 53.6 Å². The molecule has 38 heteroatoms. The minimum absolute atomic E-state index is 0.00641. The van der Waals surface area contributed by atoms with Gasteiger partial charge in [-0.2, -0.15) is 13.2 Å². The number of halogens is 3. The summed E-state index contributed by atoms with van der Waals surface area (Å²) in [5, 5.41) is 34.7. The van der Waals surface area contributed by atoms with Gasteiger partial charge in [-0.25, -0.2) is 33.0 Å². The Morgan fingerprint density at radius 2 is 1.31 bits per heavy atom. The summed E-state index contributed by atoms with van der Waals surface area (Å²) in [5.74, 6) is -3.77. The molecule has 0 fully saturated rings. The van der Waals surface area contributed by atoms with E-state index in [-0.39, 0.29) is 80.6 Å². The molecule has 0 unspecified atom stereocenters. The molecular weight excluding hydrogens is 1480 g/mol. The highest BCUT2D eigenvalue weighted by Crippen LogP contribution is 2.34. The molecule has 548 valence electrons. The molecule has 9 aromatic heterocycles. The van der Waals surface area contributed by atoms with Crippen molar-refractivity contribution in [1.82, 2.24) is 45.3 Å². The molecule has 0 aliphatic heterocycles. The van der Waals surface area contributed by atoms with Crippen molar-refractivity contribution in [2.75, 3.05) is 64.1 Å². The molecule has 12 aromatic rings. The number of aryl methyl sites for hydroxylation is 1. The number of aromatic amines is 1. The van der Waals surface area contributed by atoms with Crippen LogP contribution in [0.1, 0.15) is 77.7 Å². The number of para-hydroxylation sites is 2. The molecule has 0 saturated heterocycles. The van der Waals surface area contributed by atoms with Crippen molar-refractivity contribution in [2.24, 2.45) is 7.05 Å². The van der Waals surface area contributed by atoms with E-state index in [4.69, 9.17) is 9.15 Å². The first kappa shape index (κ1) is 77.6. The van der Waals surface area contributed by atoms with Crippen molar-refractivity contribution in [3.8, 4) is 11.5 Å². The monoisotopic (exact) mass is 1540 g/mol. The van der Waals surface area contributed by atoms with Gasteiger partial charge in [0.2, 0.25) is 15.7 Å². The molecule has 9 heterocycles. The maximum Gasteiger partial charge on any atom is 0.471 e. The number of carbonyl (C=O) groups excluding carboxylic acids is 9. The summed E-state index contributed by atoms with van der Waals surface area (Å²) in [4.78, 5) is 124. The SMILES string of the molecule is CC(=O)Nc1cc(C(=O)Nc2sccc2S(=O)(=O)c2ccccn2)ccn1.CCOC(=O)NC(=O)c1ccsc1NC(=O)c1cc2ccccc2n1C.CCOC(=O)NC(=O)c1ccsc1NCc1cccc(NC(=O)C(F)(F)F)c1.CN(C)c1nnc(-c2cc[nH]c2NC(=O)c2nc3ccccc3s2)o1. The van der Waals surface area contributed by atoms with Crippen LogP contribution >= 0.6 is 45.3 Å². The largest absolute Gasteiger partial charge is 0.471 e. The lowest BCUT2D eigenvalue weighted by atomic mass is 10.2. The number of sulfone groups is 1. The lowest BCUT2D eigenvalue weighted by Gasteiger charge is -2.11. The van der Waals surface area contributed by atoms with Gasteiger partial charge >= 0.3 is 30.3 Å². The van der Waals surface area contributed by atoms with E-state index in [9.17, 15) is 64.7 Å². The summed E-state index contributed by atoms with van der Waals surface area (Å²) in [6.45, 7) is 5.03. The average Bonchev–Trinajstić information content (AvgIpc) is 1.58. The molecule has 0 aliphatic rings. The molecule has 9 N–H and O–H groups in total. The van der Waals surface area contributed by atoms with Crippen molar-refractivity contribution in [3.05, 3.63) is 201 Å². The van der Waals surface area contributed by atoms with Gasteiger partial charge in [-0.05, 0) is 120 Å². The molecule has 30 nitrogen and oxygen atoms in total. The van der Waals surface area contributed by atoms with Gasteiger partial charge in [0.15, 0.2) is 10.0 Å². The second kappa shape index (κ2) is 35.6. The average molecular weight is 1540 g/mol. The lowest BCUT2D eigenvalue weighted by molar-refractivity contribution is -0.167. The van der Waals surface area contributed by atoms with Gasteiger partial charge in [-0.15, -0.1) is 50.4 Å². The number of amides is 9. The van der Waals surface area contributed by atoms with E-state index in [0.29, 0.717) is 49.6 Å². The molecule has 0 spiro atoms. The fourth-order valence-electron chi connectivity index (χ4n) is 9.19. The zero-order valence-electron chi connectivity index (χ0n) is 56.3. The number of nitrogens with one attached hydrogen (secondary N) is 9. The van der Waals surface area contributed by atoms with E-state index in [1.807, 2.05) is 62.6 Å². The maximum absolute atomic E-state index is 12.7. The van der Waals surface area contributed by atoms with Gasteiger partial charge in [0.1, 0.15) is 37.2 Å². The number of alkyl halides is 3. The number of pyridine rings is 2. The zero-order valence-corrected chi connectivity index (χ0v) is 60.4. The summed E-state index contributed by atoms with van der Waals surface area (Å²) in [6.07, 6.45) is -2.21. The highest BCUT2D eigenvalue weighted by molar-refractivity contribution is 7.91. The second-order valence-corrected chi connectivity index (χ2v) is 27.3. The lowest BCUT2D eigenvalue weighted by Crippen LogP contribution is -2.31. The standard InChI is InChI=1S/C18H17N3O4S.C17H16F3N3O4S.C17H14N4O4S2.C16H14N6O2S/c1-3-25-18(24)20-15(22)12-8-9-26-17(12)19-16(23)14-10-11-6-4-5-7-13(11)21(14)2;1-2-27-16(26)23-13(24)12-6-7-28-14(12)21-9-10-4-3-5-11(8-10)22-15(25)17(18,19)20;1-11(22)20-14-10-12(5-8-18-14)16(23)21-17-13(6-9-26-17)27(24,25)15-4-2-3-7-19-15;1-22(2)16-21-20-14(24-16)9-7-8-17-12(9)19-13(23)15-18-10-5-3-4-6-11(10)25-15/h4-10H,3H2,1-2H3,(H,19,23)(H,20,22,24);3-8,21H,2,9H2,1H3,(H,22,25)(H,23,24,26);2-10H,1H3,(H,21,23)(H,18,20,22);3-8,17H,1-2H3,(H,19,23). The number of fused-ring (bicyclic) bond motifs is 2. The molecular formula is C68H61F3N16O14S5. The van der Waals surface area contributed by atoms with E-state index in [2.05, 4.69) is 72.1 Å². The first-order valence-electron chi connectivity index (χ1n) is 31.0. The van der Waals surface area contributed by atoms with E-state index in [1.54, 1.807) is 88.3 Å². The first-order valence-corrected chi connectivity index (χ1v) is 36.0. The van der Waals surface area contributed by atoms with Gasteiger partial charge in [0, 0.05) is 75.4 Å². The summed E-state index contributed by atoms with van der Waals surface area (Å²) in [5.41, 5.74) is 4.05. The van der Waals surface area contributed by atoms with Crippen molar-refractivity contribution < 1.29 is 78.6 Å². The van der Waals surface area contributed by atoms with Crippen molar-refractivity contribution >= 4 is 168 Å². The number of anilines is 7. The number of ether oxygens (including phenoxy) is 2. The van der Waals surface area contributed by atoms with Crippen LogP contribution in [0.5, 0.6) is 0 Å². The number of rotatable bonds is 19. The van der Waals surface area contributed by atoms with Gasteiger partial charge in [0.25, 0.3) is 35.4 Å². The van der Waals surface area contributed by atoms with Gasteiger partial charge < -0.3 is 60.2 Å². The molecule has 0 aliphatic carbocycles. The predicted octanol–water partition coefficient (Wildman–Crippen LogP) is 12.7. The van der Waals surface area contributed by atoms with E-state index < -0.39 is 51.8 Å². The smallest absolute Gasteiger partial charge is 0.450 e. The normalized spacial score (nSPS) is 10.8. The number of hydrogen-bond donors (Lipinski definition) is 9. The van der Waals surface area contributed by atoms with Crippen LogP contribution in [0.2, 0.25) is 0 Å². The summed E-state index contributed by atoms with van der Waals surface area (Å²) >= 11 is 4.84. The quantitative estimate of drug-likeness (QED) is 0.0363. The summed E-state index contributed by atoms with van der Waals surface area (Å²) in [6, 6.07) is 37.0. The highest BCUT2D eigenvalue weighted by atomic mass is 32.2. The second-order valence-electron chi connectivity index (χ2n) is 21.6. The fourth-order valence-corrected chi connectivity index (χ4v) is 14.1. The van der Waals surface area contributed by atoms with Crippen LogP contribution in [0, 0.1) is 0 Å². The third kappa shape index (κ3) is 20.4. The van der Waals surface area contributed by atoms with Crippen LogP contribution in [0.3, 0.4) is 0 Å². The van der Waals surface area contributed by atoms with E-state index >= 15 is 0 Å². The number of carbonyl (C=O) groups is 9. The molecule has 9 amide bonds. The third-order valence-electron chi connectivity index (χ3n) is 14.0. The van der Waals surface area contributed by atoms with Crippen LogP contribution in [0.25, 0.3) is 32.6 Å². The number of nitrogens with zero attached hydrogens (tertiary/aromatic N) is 7. The highest BCUT2D eigenvalue weighted by Gasteiger charge is 2.39. The Hall–Kier alpha value is -12.5. The Kier molecular flexibility index (Phi) is 26.1. The Balaban J connectivity index is 0.000000164. The number of hydrogen-bond acceptors (Lipinski definition) is 25. The summed E-state index contributed by atoms with van der Waals surface area (Å²) < 4.78 is 80.2. The summed E-state index contributed by atoms with van der Waals surface area (Å²) in [7, 11) is 1.56. The van der Waals surface area contributed by atoms with Crippen molar-refractivity contribution in [3.63, 3.8) is 0 Å². The van der Waals surface area contributed by atoms with Crippen molar-refractivity contribution in [1.29, 1.82) is 0 Å². The number of thiazole rings is 1. The van der Waals surface area contributed by atoms with E-state index in [0.717, 1.165) is 32.5 Å². The number of H-pyrrole nitrogens is 1. The van der Waals surface area contributed by atoms with E-state index in [1.165, 1.54) is 108 Å². The molecule has 0 saturated carbocycles. The minimum atomic E-state index is -4.98. The number of imide groups is 2. The van der Waals surface area contributed by atoms with Gasteiger partial charge in [-0.3, -0.25) is 44.2 Å². The Labute approximate surface area is 615 Å².